The summed E-state index contributed by atoms with van der Waals surface area (Å²) in [6.45, 7) is 0. The molecule has 0 bridgehead atoms. The summed E-state index contributed by atoms with van der Waals surface area (Å²) >= 11 is 0. The third-order valence-electron chi connectivity index (χ3n) is 4.08. The molecule has 0 spiro atoms. The average Bonchev–Trinajstić information content (AvgIpc) is 3.38. The van der Waals surface area contributed by atoms with Crippen molar-refractivity contribution in [1.29, 1.82) is 0 Å². The molecule has 1 aliphatic carbocycles. The van der Waals surface area contributed by atoms with Crippen LogP contribution in [0.4, 0.5) is 18.9 Å². The van der Waals surface area contributed by atoms with Crippen LogP contribution in [0.2, 0.25) is 0 Å². The molecule has 1 aliphatic rings. The predicted octanol–water partition coefficient (Wildman–Crippen LogP) is 3.34. The summed E-state index contributed by atoms with van der Waals surface area (Å²) in [5, 5.41) is 14.4. The van der Waals surface area contributed by atoms with Crippen LogP contribution < -0.4 is 5.32 Å². The van der Waals surface area contributed by atoms with Gasteiger partial charge in [-0.15, -0.1) is 5.10 Å². The van der Waals surface area contributed by atoms with Crippen LogP contribution in [0.15, 0.2) is 42.6 Å². The number of alkyl halides is 3. The van der Waals surface area contributed by atoms with Crippen molar-refractivity contribution in [2.75, 3.05) is 5.32 Å². The number of carbonyl (C=O) groups excluding carboxylic acids is 1. The number of aromatic nitrogens is 5. The number of tetrazole rings is 1. The molecule has 1 amide bonds. The highest BCUT2D eigenvalue weighted by Crippen LogP contribution is 2.36. The molecular weight excluding hydrogens is 361 g/mol. The first-order valence-corrected chi connectivity index (χ1v) is 8.15. The largest absolute Gasteiger partial charge is 0.433 e. The van der Waals surface area contributed by atoms with Crippen LogP contribution in [0.1, 0.15) is 34.9 Å². The van der Waals surface area contributed by atoms with Crippen LogP contribution in [0, 0.1) is 0 Å². The minimum Gasteiger partial charge on any atom is -0.322 e. The van der Waals surface area contributed by atoms with Crippen molar-refractivity contribution in [3.05, 3.63) is 53.9 Å². The number of benzene rings is 1. The lowest BCUT2D eigenvalue weighted by Crippen LogP contribution is -2.14. The Balaban J connectivity index is 1.53. The van der Waals surface area contributed by atoms with Crippen molar-refractivity contribution in [2.24, 2.45) is 0 Å². The van der Waals surface area contributed by atoms with E-state index >= 15 is 0 Å². The Morgan fingerprint density at radius 3 is 2.67 bits per heavy atom. The van der Waals surface area contributed by atoms with Gasteiger partial charge in [-0.2, -0.15) is 13.2 Å². The number of halogens is 3. The summed E-state index contributed by atoms with van der Waals surface area (Å²) in [5.74, 6) is 0.0416. The lowest BCUT2D eigenvalue weighted by atomic mass is 10.1. The first-order valence-electron chi connectivity index (χ1n) is 8.15. The summed E-state index contributed by atoms with van der Waals surface area (Å²) in [6, 6.07) is 9.09. The summed E-state index contributed by atoms with van der Waals surface area (Å²) < 4.78 is 39.4. The van der Waals surface area contributed by atoms with Gasteiger partial charge in [0.15, 0.2) is 5.82 Å². The molecule has 1 N–H and O–H groups in total. The number of nitrogens with zero attached hydrogens (tertiary/aromatic N) is 5. The van der Waals surface area contributed by atoms with E-state index in [1.807, 2.05) is 6.07 Å². The molecule has 0 atom stereocenters. The van der Waals surface area contributed by atoms with E-state index in [1.54, 1.807) is 22.9 Å². The zero-order valence-corrected chi connectivity index (χ0v) is 13.8. The molecule has 0 radical (unpaired) electrons. The van der Waals surface area contributed by atoms with Gasteiger partial charge in [0.25, 0.3) is 5.91 Å². The highest BCUT2D eigenvalue weighted by Gasteiger charge is 2.32. The van der Waals surface area contributed by atoms with Crippen molar-refractivity contribution in [1.82, 2.24) is 25.2 Å². The summed E-state index contributed by atoms with van der Waals surface area (Å²) in [4.78, 5) is 15.6. The standard InChI is InChI=1S/C17H13F3N6O/c18-17(19,20)14-7-4-11(9-21-14)16(27)22-12-3-1-2-10(8-12)15-23-24-25-26(15)13-5-6-13/h1-4,7-9,13H,5-6H2,(H,22,27). The number of carbonyl (C=O) groups is 1. The second kappa shape index (κ2) is 6.45. The lowest BCUT2D eigenvalue weighted by molar-refractivity contribution is -0.141. The van der Waals surface area contributed by atoms with Crippen molar-refractivity contribution in [3.63, 3.8) is 0 Å². The van der Waals surface area contributed by atoms with E-state index in [-0.39, 0.29) is 5.56 Å². The molecule has 1 fully saturated rings. The first kappa shape index (κ1) is 17.1. The third-order valence-corrected chi connectivity index (χ3v) is 4.08. The number of amides is 1. The van der Waals surface area contributed by atoms with Gasteiger partial charge in [-0.25, -0.2) is 4.68 Å². The van der Waals surface area contributed by atoms with E-state index in [2.05, 4.69) is 25.8 Å². The number of hydrogen-bond donors (Lipinski definition) is 1. The Labute approximate surface area is 151 Å². The Hall–Kier alpha value is -3.30. The average molecular weight is 374 g/mol. The number of anilines is 1. The van der Waals surface area contributed by atoms with Crippen LogP contribution in [-0.4, -0.2) is 31.1 Å². The topological polar surface area (TPSA) is 85.6 Å². The Bertz CT molecular complexity index is 979. The van der Waals surface area contributed by atoms with Crippen LogP contribution in [0.25, 0.3) is 11.4 Å². The lowest BCUT2D eigenvalue weighted by Gasteiger charge is -2.09. The summed E-state index contributed by atoms with van der Waals surface area (Å²) in [5.41, 5.74) is 0.183. The minimum absolute atomic E-state index is 0.0243. The molecule has 1 saturated carbocycles. The zero-order chi connectivity index (χ0) is 19.0. The highest BCUT2D eigenvalue weighted by molar-refractivity contribution is 6.04. The van der Waals surface area contributed by atoms with Gasteiger partial charge in [0.05, 0.1) is 11.6 Å². The minimum atomic E-state index is -4.55. The van der Waals surface area contributed by atoms with Gasteiger partial charge < -0.3 is 5.32 Å². The van der Waals surface area contributed by atoms with Gasteiger partial charge in [-0.05, 0) is 47.5 Å². The van der Waals surface area contributed by atoms with Gasteiger partial charge in [0, 0.05) is 17.4 Å². The number of rotatable bonds is 4. The van der Waals surface area contributed by atoms with Crippen molar-refractivity contribution >= 4 is 11.6 Å². The van der Waals surface area contributed by atoms with Crippen LogP contribution in [0.5, 0.6) is 0 Å². The van der Waals surface area contributed by atoms with E-state index < -0.39 is 17.8 Å². The van der Waals surface area contributed by atoms with Gasteiger partial charge >= 0.3 is 6.18 Å². The van der Waals surface area contributed by atoms with Crippen LogP contribution in [-0.2, 0) is 6.18 Å². The molecule has 10 heteroatoms. The Kier molecular flexibility index (Phi) is 4.09. The maximum Gasteiger partial charge on any atom is 0.433 e. The van der Waals surface area contributed by atoms with E-state index in [4.69, 9.17) is 0 Å². The van der Waals surface area contributed by atoms with E-state index in [0.717, 1.165) is 36.7 Å². The summed E-state index contributed by atoms with van der Waals surface area (Å²) in [6.07, 6.45) is -1.60. The first-order chi connectivity index (χ1) is 12.9. The molecule has 7 nitrogen and oxygen atoms in total. The normalized spacial score (nSPS) is 14.2. The van der Waals surface area contributed by atoms with Gasteiger partial charge in [0.2, 0.25) is 0 Å². The fourth-order valence-corrected chi connectivity index (χ4v) is 2.58. The molecule has 4 rings (SSSR count). The van der Waals surface area contributed by atoms with Crippen molar-refractivity contribution in [3.8, 4) is 11.4 Å². The van der Waals surface area contributed by atoms with Crippen LogP contribution in [0.3, 0.4) is 0 Å². The van der Waals surface area contributed by atoms with E-state index in [0.29, 0.717) is 17.6 Å². The predicted molar refractivity (Wildman–Crippen MR) is 88.7 cm³/mol. The Morgan fingerprint density at radius 2 is 2.00 bits per heavy atom. The fraction of sp³-hybridized carbons (Fsp3) is 0.235. The quantitative estimate of drug-likeness (QED) is 0.757. The maximum atomic E-state index is 12.6. The van der Waals surface area contributed by atoms with Crippen molar-refractivity contribution < 1.29 is 18.0 Å². The number of nitrogens with one attached hydrogen (secondary N) is 1. The van der Waals surface area contributed by atoms with E-state index in [1.165, 1.54) is 0 Å². The monoisotopic (exact) mass is 374 g/mol. The summed E-state index contributed by atoms with van der Waals surface area (Å²) in [7, 11) is 0. The third kappa shape index (κ3) is 3.64. The fourth-order valence-electron chi connectivity index (χ4n) is 2.58. The Morgan fingerprint density at radius 1 is 1.19 bits per heavy atom. The van der Waals surface area contributed by atoms with E-state index in [9.17, 15) is 18.0 Å². The van der Waals surface area contributed by atoms with Gasteiger partial charge in [-0.1, -0.05) is 12.1 Å². The number of pyridine rings is 1. The zero-order valence-electron chi connectivity index (χ0n) is 13.8. The molecule has 27 heavy (non-hydrogen) atoms. The molecule has 0 unspecified atom stereocenters. The molecule has 138 valence electrons. The molecule has 0 aliphatic heterocycles. The molecule has 3 aromatic rings. The number of hydrogen-bond acceptors (Lipinski definition) is 5. The smallest absolute Gasteiger partial charge is 0.322 e. The molecule has 2 heterocycles. The second-order valence-electron chi connectivity index (χ2n) is 6.14. The van der Waals surface area contributed by atoms with Gasteiger partial charge in [-0.3, -0.25) is 9.78 Å². The molecule has 2 aromatic heterocycles. The molecule has 0 saturated heterocycles. The van der Waals surface area contributed by atoms with Crippen LogP contribution >= 0.6 is 0 Å². The second-order valence-corrected chi connectivity index (χ2v) is 6.14. The molecule has 1 aromatic carbocycles. The van der Waals surface area contributed by atoms with Crippen molar-refractivity contribution in [2.45, 2.75) is 25.1 Å². The SMILES string of the molecule is O=C(Nc1cccc(-c2nnnn2C2CC2)c1)c1ccc(C(F)(F)F)nc1. The highest BCUT2D eigenvalue weighted by atomic mass is 19.4. The van der Waals surface area contributed by atoms with Gasteiger partial charge in [0.1, 0.15) is 5.69 Å². The molecular formula is C17H13F3N6O. The maximum absolute atomic E-state index is 12.6.